The number of carbonyl (C=O) groups is 1. The van der Waals surface area contributed by atoms with E-state index in [-0.39, 0.29) is 5.91 Å². The second kappa shape index (κ2) is 8.29. The van der Waals surface area contributed by atoms with Crippen LogP contribution in [0.2, 0.25) is 0 Å². The molecule has 3 aromatic rings. The Morgan fingerprint density at radius 2 is 1.89 bits per heavy atom. The average Bonchev–Trinajstić information content (AvgIpc) is 3.09. The number of rotatable bonds is 7. The van der Waals surface area contributed by atoms with Crippen LogP contribution in [0.4, 0.5) is 0 Å². The number of benzene rings is 1. The standard InChI is InChI=1S/C21H27N5O/c1-5-16(6-2)14-25(7-3)21(27)19-15(4)26(24-23-19)18-12-8-10-17-11-9-13-22-20(17)18/h8-13,16H,5-7,14H2,1-4H3. The number of hydrogen-bond acceptors (Lipinski definition) is 4. The van der Waals surface area contributed by atoms with E-state index in [1.54, 1.807) is 10.9 Å². The lowest BCUT2D eigenvalue weighted by molar-refractivity contribution is 0.0728. The van der Waals surface area contributed by atoms with Crippen LogP contribution in [0.5, 0.6) is 0 Å². The van der Waals surface area contributed by atoms with E-state index in [9.17, 15) is 4.79 Å². The van der Waals surface area contributed by atoms with Crippen molar-refractivity contribution in [3.63, 3.8) is 0 Å². The van der Waals surface area contributed by atoms with Gasteiger partial charge in [-0.25, -0.2) is 4.68 Å². The van der Waals surface area contributed by atoms with Gasteiger partial charge in [-0.2, -0.15) is 0 Å². The topological polar surface area (TPSA) is 63.9 Å². The summed E-state index contributed by atoms with van der Waals surface area (Å²) in [7, 11) is 0. The first-order chi connectivity index (χ1) is 13.1. The van der Waals surface area contributed by atoms with Crippen LogP contribution in [0.1, 0.15) is 49.8 Å². The molecule has 0 fully saturated rings. The molecule has 0 radical (unpaired) electrons. The number of pyridine rings is 1. The normalized spacial score (nSPS) is 11.3. The Kier molecular flexibility index (Phi) is 5.84. The highest BCUT2D eigenvalue weighted by Gasteiger charge is 2.24. The molecule has 0 aliphatic heterocycles. The van der Waals surface area contributed by atoms with Gasteiger partial charge in [0, 0.05) is 24.7 Å². The molecule has 142 valence electrons. The van der Waals surface area contributed by atoms with Gasteiger partial charge in [-0.1, -0.05) is 50.1 Å². The maximum Gasteiger partial charge on any atom is 0.276 e. The van der Waals surface area contributed by atoms with Crippen molar-refractivity contribution in [1.29, 1.82) is 0 Å². The van der Waals surface area contributed by atoms with Gasteiger partial charge in [-0.05, 0) is 31.9 Å². The summed E-state index contributed by atoms with van der Waals surface area (Å²) >= 11 is 0. The van der Waals surface area contributed by atoms with Crippen molar-refractivity contribution >= 4 is 16.8 Å². The summed E-state index contributed by atoms with van der Waals surface area (Å²) in [6, 6.07) is 9.85. The molecule has 0 spiro atoms. The number of para-hydroxylation sites is 1. The quantitative estimate of drug-likeness (QED) is 0.634. The number of hydrogen-bond donors (Lipinski definition) is 0. The van der Waals surface area contributed by atoms with Crippen LogP contribution in [-0.2, 0) is 0 Å². The molecule has 0 aliphatic rings. The first-order valence-corrected chi connectivity index (χ1v) is 9.66. The van der Waals surface area contributed by atoms with Gasteiger partial charge in [0.2, 0.25) is 0 Å². The van der Waals surface area contributed by atoms with Gasteiger partial charge in [0.15, 0.2) is 5.69 Å². The molecule has 0 bridgehead atoms. The predicted molar refractivity (Wildman–Crippen MR) is 107 cm³/mol. The van der Waals surface area contributed by atoms with Crippen LogP contribution < -0.4 is 0 Å². The highest BCUT2D eigenvalue weighted by molar-refractivity contribution is 5.94. The molecule has 0 unspecified atom stereocenters. The zero-order chi connectivity index (χ0) is 19.4. The lowest BCUT2D eigenvalue weighted by Gasteiger charge is -2.24. The van der Waals surface area contributed by atoms with Crippen LogP contribution in [0, 0.1) is 12.8 Å². The third kappa shape index (κ3) is 3.70. The summed E-state index contributed by atoms with van der Waals surface area (Å²) in [6.07, 6.45) is 3.89. The van der Waals surface area contributed by atoms with Crippen LogP contribution in [0.25, 0.3) is 16.6 Å². The molecule has 0 N–H and O–H groups in total. The van der Waals surface area contributed by atoms with Gasteiger partial charge in [0.25, 0.3) is 5.91 Å². The molecule has 0 atom stereocenters. The van der Waals surface area contributed by atoms with Gasteiger partial charge in [-0.15, -0.1) is 5.10 Å². The molecule has 3 rings (SSSR count). The number of fused-ring (bicyclic) bond motifs is 1. The number of nitrogens with zero attached hydrogens (tertiary/aromatic N) is 5. The van der Waals surface area contributed by atoms with Crippen molar-refractivity contribution in [2.45, 2.75) is 40.5 Å². The predicted octanol–water partition coefficient (Wildman–Crippen LogP) is 4.02. The lowest BCUT2D eigenvalue weighted by Crippen LogP contribution is -2.35. The molecular formula is C21H27N5O. The molecule has 1 aromatic carbocycles. The largest absolute Gasteiger partial charge is 0.337 e. The third-order valence-electron chi connectivity index (χ3n) is 5.24. The van der Waals surface area contributed by atoms with Gasteiger partial charge >= 0.3 is 0 Å². The number of amides is 1. The van der Waals surface area contributed by atoms with Gasteiger partial charge < -0.3 is 4.90 Å². The van der Waals surface area contributed by atoms with Gasteiger partial charge in [-0.3, -0.25) is 9.78 Å². The molecule has 2 aromatic heterocycles. The molecule has 6 heteroatoms. The Labute approximate surface area is 160 Å². The Bertz CT molecular complexity index is 924. The van der Waals surface area contributed by atoms with Crippen LogP contribution >= 0.6 is 0 Å². The van der Waals surface area contributed by atoms with Crippen molar-refractivity contribution in [2.75, 3.05) is 13.1 Å². The third-order valence-corrected chi connectivity index (χ3v) is 5.24. The SMILES string of the molecule is CCC(CC)CN(CC)C(=O)c1nnn(-c2cccc3cccnc23)c1C. The summed E-state index contributed by atoms with van der Waals surface area (Å²) in [5.41, 5.74) is 2.83. The molecule has 0 aliphatic carbocycles. The van der Waals surface area contributed by atoms with E-state index >= 15 is 0 Å². The van der Waals surface area contributed by atoms with Crippen molar-refractivity contribution in [2.24, 2.45) is 5.92 Å². The van der Waals surface area contributed by atoms with Crippen molar-refractivity contribution < 1.29 is 4.79 Å². The van der Waals surface area contributed by atoms with Crippen molar-refractivity contribution in [1.82, 2.24) is 24.9 Å². The van der Waals surface area contributed by atoms with E-state index in [0.717, 1.165) is 41.7 Å². The zero-order valence-electron chi connectivity index (χ0n) is 16.5. The molecule has 0 saturated carbocycles. The second-order valence-electron chi connectivity index (χ2n) is 6.81. The van der Waals surface area contributed by atoms with E-state index in [1.165, 1.54) is 0 Å². The minimum atomic E-state index is -0.0543. The van der Waals surface area contributed by atoms with E-state index < -0.39 is 0 Å². The van der Waals surface area contributed by atoms with E-state index in [0.29, 0.717) is 18.2 Å². The first-order valence-electron chi connectivity index (χ1n) is 9.66. The Balaban J connectivity index is 1.96. The maximum absolute atomic E-state index is 13.1. The van der Waals surface area contributed by atoms with E-state index in [4.69, 9.17) is 0 Å². The maximum atomic E-state index is 13.1. The fourth-order valence-corrected chi connectivity index (χ4v) is 3.38. The van der Waals surface area contributed by atoms with Crippen LogP contribution in [0.15, 0.2) is 36.5 Å². The fraction of sp³-hybridized carbons (Fsp3) is 0.429. The van der Waals surface area contributed by atoms with E-state index in [1.807, 2.05) is 49.1 Å². The monoisotopic (exact) mass is 365 g/mol. The van der Waals surface area contributed by atoms with Crippen LogP contribution in [0.3, 0.4) is 0 Å². The summed E-state index contributed by atoms with van der Waals surface area (Å²) < 4.78 is 1.72. The fourth-order valence-electron chi connectivity index (χ4n) is 3.38. The van der Waals surface area contributed by atoms with Crippen molar-refractivity contribution in [3.05, 3.63) is 47.9 Å². The number of carbonyl (C=O) groups excluding carboxylic acids is 1. The zero-order valence-corrected chi connectivity index (χ0v) is 16.5. The summed E-state index contributed by atoms with van der Waals surface area (Å²) in [5.74, 6) is 0.452. The smallest absolute Gasteiger partial charge is 0.276 e. The molecule has 6 nitrogen and oxygen atoms in total. The van der Waals surface area contributed by atoms with Crippen molar-refractivity contribution in [3.8, 4) is 5.69 Å². The second-order valence-corrected chi connectivity index (χ2v) is 6.81. The van der Waals surface area contributed by atoms with Crippen LogP contribution in [-0.4, -0.2) is 43.9 Å². The highest BCUT2D eigenvalue weighted by atomic mass is 16.2. The molecular weight excluding hydrogens is 338 g/mol. The molecule has 27 heavy (non-hydrogen) atoms. The Morgan fingerprint density at radius 3 is 2.59 bits per heavy atom. The highest BCUT2D eigenvalue weighted by Crippen LogP contribution is 2.22. The molecule has 1 amide bonds. The van der Waals surface area contributed by atoms with Gasteiger partial charge in [0.05, 0.1) is 16.9 Å². The summed E-state index contributed by atoms with van der Waals surface area (Å²) in [4.78, 5) is 19.4. The minimum Gasteiger partial charge on any atom is -0.337 e. The van der Waals surface area contributed by atoms with Gasteiger partial charge in [0.1, 0.15) is 0 Å². The number of aromatic nitrogens is 4. The Morgan fingerprint density at radius 1 is 1.15 bits per heavy atom. The first kappa shape index (κ1) is 19.0. The summed E-state index contributed by atoms with van der Waals surface area (Å²) in [6.45, 7) is 9.65. The average molecular weight is 365 g/mol. The van der Waals surface area contributed by atoms with E-state index in [2.05, 4.69) is 29.1 Å². The molecule has 0 saturated heterocycles. The summed E-state index contributed by atoms with van der Waals surface area (Å²) in [5, 5.41) is 9.52. The lowest BCUT2D eigenvalue weighted by atomic mass is 10.0. The minimum absolute atomic E-state index is 0.0543. The Hall–Kier alpha value is -2.76. The molecule has 2 heterocycles.